The van der Waals surface area contributed by atoms with Crippen LogP contribution >= 0.6 is 0 Å². The predicted molar refractivity (Wildman–Crippen MR) is 119 cm³/mol. The zero-order valence-corrected chi connectivity index (χ0v) is 17.4. The number of aromatic nitrogens is 3. The van der Waals surface area contributed by atoms with E-state index in [9.17, 15) is 4.79 Å². The van der Waals surface area contributed by atoms with E-state index in [4.69, 9.17) is 9.26 Å². The summed E-state index contributed by atoms with van der Waals surface area (Å²) in [6, 6.07) is 21.1. The summed E-state index contributed by atoms with van der Waals surface area (Å²) in [6.45, 7) is 1.25. The summed E-state index contributed by atoms with van der Waals surface area (Å²) in [5, 5.41) is 4.09. The van der Waals surface area contributed by atoms with E-state index < -0.39 is 0 Å². The van der Waals surface area contributed by atoms with Crippen molar-refractivity contribution < 1.29 is 14.1 Å². The minimum absolute atomic E-state index is 0.0848. The van der Waals surface area contributed by atoms with Gasteiger partial charge in [-0.2, -0.15) is 4.98 Å². The molecule has 2 aromatic heterocycles. The van der Waals surface area contributed by atoms with E-state index in [1.54, 1.807) is 12.4 Å². The molecule has 0 aliphatic carbocycles. The van der Waals surface area contributed by atoms with E-state index >= 15 is 0 Å². The largest absolute Gasteiger partial charge is 0.488 e. The summed E-state index contributed by atoms with van der Waals surface area (Å²) in [4.78, 5) is 23.1. The summed E-state index contributed by atoms with van der Waals surface area (Å²) in [7, 11) is 0. The minimum Gasteiger partial charge on any atom is -0.488 e. The topological polar surface area (TPSA) is 81.4 Å². The van der Waals surface area contributed by atoms with Crippen molar-refractivity contribution in [3.8, 4) is 28.6 Å². The predicted octanol–water partition coefficient (Wildman–Crippen LogP) is 4.02. The van der Waals surface area contributed by atoms with E-state index in [0.29, 0.717) is 37.0 Å². The highest BCUT2D eigenvalue weighted by molar-refractivity contribution is 5.79. The second-order valence-corrected chi connectivity index (χ2v) is 7.69. The van der Waals surface area contributed by atoms with Crippen LogP contribution in [0.4, 0.5) is 0 Å². The fraction of sp³-hybridized carbons (Fsp3) is 0.200. The van der Waals surface area contributed by atoms with Gasteiger partial charge in [-0.15, -0.1) is 0 Å². The molecule has 0 saturated carbocycles. The molecule has 1 atom stereocenters. The highest BCUT2D eigenvalue weighted by Crippen LogP contribution is 2.32. The lowest BCUT2D eigenvalue weighted by Crippen LogP contribution is -2.32. The molecule has 0 radical (unpaired) electrons. The number of ether oxygens (including phenoxy) is 1. The van der Waals surface area contributed by atoms with Gasteiger partial charge in [0.1, 0.15) is 11.9 Å². The quantitative estimate of drug-likeness (QED) is 0.463. The number of likely N-dealkylation sites (tertiary alicyclic amines) is 1. The molecule has 7 nitrogen and oxygen atoms in total. The van der Waals surface area contributed by atoms with Crippen molar-refractivity contribution in [2.45, 2.75) is 18.9 Å². The Kier molecular flexibility index (Phi) is 5.61. The Morgan fingerprint density at radius 3 is 2.66 bits per heavy atom. The third kappa shape index (κ3) is 4.37. The van der Waals surface area contributed by atoms with Crippen LogP contribution in [0.5, 0.6) is 5.75 Å². The summed E-state index contributed by atoms with van der Waals surface area (Å²) < 4.78 is 11.8. The van der Waals surface area contributed by atoms with Crippen LogP contribution in [0, 0.1) is 0 Å². The van der Waals surface area contributed by atoms with Gasteiger partial charge in [-0.1, -0.05) is 47.6 Å². The third-order valence-corrected chi connectivity index (χ3v) is 5.47. The van der Waals surface area contributed by atoms with Crippen molar-refractivity contribution in [2.75, 3.05) is 13.1 Å². The first-order valence-corrected chi connectivity index (χ1v) is 10.6. The number of rotatable bonds is 6. The van der Waals surface area contributed by atoms with Gasteiger partial charge in [-0.05, 0) is 29.8 Å². The smallest absolute Gasteiger partial charge is 0.262 e. The number of carbonyl (C=O) groups is 1. The maximum Gasteiger partial charge on any atom is 0.262 e. The lowest BCUT2D eigenvalue weighted by atomic mass is 10.1. The van der Waals surface area contributed by atoms with Crippen LogP contribution in [-0.2, 0) is 11.2 Å². The lowest BCUT2D eigenvalue weighted by Gasteiger charge is -2.18. The number of benzene rings is 2. The molecule has 0 bridgehead atoms. The van der Waals surface area contributed by atoms with Crippen molar-refractivity contribution in [3.63, 3.8) is 0 Å². The molecule has 4 aromatic rings. The molecule has 160 valence electrons. The molecule has 32 heavy (non-hydrogen) atoms. The number of pyridine rings is 1. The summed E-state index contributed by atoms with van der Waals surface area (Å²) in [5.41, 5.74) is 2.58. The Morgan fingerprint density at radius 2 is 1.81 bits per heavy atom. The number of hydrogen-bond donors (Lipinski definition) is 0. The number of carbonyl (C=O) groups excluding carboxylic acids is 1. The normalized spacial score (nSPS) is 15.6. The molecule has 1 amide bonds. The molecule has 1 aliphatic heterocycles. The minimum atomic E-state index is -0.0848. The highest BCUT2D eigenvalue weighted by Gasteiger charge is 2.28. The van der Waals surface area contributed by atoms with Gasteiger partial charge in [0.2, 0.25) is 11.7 Å². The summed E-state index contributed by atoms with van der Waals surface area (Å²) >= 11 is 0. The van der Waals surface area contributed by atoms with E-state index in [-0.39, 0.29) is 12.0 Å². The van der Waals surface area contributed by atoms with Gasteiger partial charge < -0.3 is 14.2 Å². The molecule has 2 aromatic carbocycles. The molecule has 1 unspecified atom stereocenters. The van der Waals surface area contributed by atoms with E-state index in [1.807, 2.05) is 71.6 Å². The lowest BCUT2D eigenvalue weighted by molar-refractivity contribution is -0.129. The number of amides is 1. The molecule has 0 spiro atoms. The average molecular weight is 426 g/mol. The van der Waals surface area contributed by atoms with E-state index in [1.165, 1.54) is 0 Å². The Balaban J connectivity index is 1.27. The number of hydrogen-bond acceptors (Lipinski definition) is 6. The van der Waals surface area contributed by atoms with Crippen LogP contribution in [-0.4, -0.2) is 45.1 Å². The van der Waals surface area contributed by atoms with Gasteiger partial charge in [-0.3, -0.25) is 9.78 Å². The van der Waals surface area contributed by atoms with Crippen LogP contribution in [0.3, 0.4) is 0 Å². The molecule has 3 heterocycles. The second kappa shape index (κ2) is 9.01. The average Bonchev–Trinajstić information content (AvgIpc) is 3.51. The summed E-state index contributed by atoms with van der Waals surface area (Å²) in [6.07, 6.45) is 4.48. The second-order valence-electron chi connectivity index (χ2n) is 7.69. The molecule has 5 rings (SSSR count). The van der Waals surface area contributed by atoms with Crippen molar-refractivity contribution in [2.24, 2.45) is 0 Å². The first-order chi connectivity index (χ1) is 15.8. The van der Waals surface area contributed by atoms with Crippen molar-refractivity contribution in [3.05, 3.63) is 84.7 Å². The fourth-order valence-corrected chi connectivity index (χ4v) is 3.81. The van der Waals surface area contributed by atoms with Crippen molar-refractivity contribution in [1.82, 2.24) is 20.0 Å². The first kappa shape index (κ1) is 19.9. The van der Waals surface area contributed by atoms with Gasteiger partial charge in [0.25, 0.3) is 5.89 Å². The monoisotopic (exact) mass is 426 g/mol. The molecule has 7 heteroatoms. The number of nitrogens with zero attached hydrogens (tertiary/aromatic N) is 4. The van der Waals surface area contributed by atoms with Crippen LogP contribution in [0.1, 0.15) is 12.0 Å². The van der Waals surface area contributed by atoms with Crippen LogP contribution in [0.15, 0.2) is 83.6 Å². The van der Waals surface area contributed by atoms with Gasteiger partial charge >= 0.3 is 0 Å². The van der Waals surface area contributed by atoms with Crippen molar-refractivity contribution in [1.29, 1.82) is 0 Å². The van der Waals surface area contributed by atoms with E-state index in [0.717, 1.165) is 23.1 Å². The Morgan fingerprint density at radius 1 is 1.03 bits per heavy atom. The highest BCUT2D eigenvalue weighted by atomic mass is 16.5. The first-order valence-electron chi connectivity index (χ1n) is 10.6. The van der Waals surface area contributed by atoms with Gasteiger partial charge in [0.15, 0.2) is 0 Å². The zero-order valence-electron chi connectivity index (χ0n) is 17.4. The maximum atomic E-state index is 12.7. The Bertz CT molecular complexity index is 1190. The number of para-hydroxylation sites is 1. The standard InChI is InChI=1S/C25H22N4O3/c30-23(16-18-6-2-1-3-7-18)29-15-12-20(17-29)31-22-9-5-4-8-21(22)25-27-24(28-32-25)19-10-13-26-14-11-19/h1-11,13-14,20H,12,15-17H2. The molecular formula is C25H22N4O3. The zero-order chi connectivity index (χ0) is 21.8. The Hall–Kier alpha value is -4.00. The third-order valence-electron chi connectivity index (χ3n) is 5.47. The molecule has 0 N–H and O–H groups in total. The molecule has 1 saturated heterocycles. The van der Waals surface area contributed by atoms with Crippen LogP contribution in [0.25, 0.3) is 22.8 Å². The van der Waals surface area contributed by atoms with Crippen LogP contribution < -0.4 is 4.74 Å². The molecular weight excluding hydrogens is 404 g/mol. The van der Waals surface area contributed by atoms with Crippen LogP contribution in [0.2, 0.25) is 0 Å². The van der Waals surface area contributed by atoms with Gasteiger partial charge in [0, 0.05) is 30.9 Å². The maximum absolute atomic E-state index is 12.7. The Labute approximate surface area is 185 Å². The van der Waals surface area contributed by atoms with Gasteiger partial charge in [0.05, 0.1) is 18.5 Å². The van der Waals surface area contributed by atoms with E-state index in [2.05, 4.69) is 15.1 Å². The fourth-order valence-electron chi connectivity index (χ4n) is 3.81. The molecule has 1 fully saturated rings. The van der Waals surface area contributed by atoms with Gasteiger partial charge in [-0.25, -0.2) is 0 Å². The summed E-state index contributed by atoms with van der Waals surface area (Å²) in [5.74, 6) is 1.67. The van der Waals surface area contributed by atoms with Crippen molar-refractivity contribution >= 4 is 5.91 Å². The molecule has 1 aliphatic rings. The SMILES string of the molecule is O=C(Cc1ccccc1)N1CCC(Oc2ccccc2-c2nc(-c3ccncc3)no2)C1.